The number of nitrogens with two attached hydrogens (primary N) is 1. The molecule has 2 nitrogen and oxygen atoms in total. The highest BCUT2D eigenvalue weighted by Crippen LogP contribution is 2.37. The Morgan fingerprint density at radius 3 is 2.84 bits per heavy atom. The van der Waals surface area contributed by atoms with Gasteiger partial charge in [-0.05, 0) is 63.9 Å². The smallest absolute Gasteiger partial charge is 0.138 e. The lowest BCUT2D eigenvalue weighted by Crippen LogP contribution is -2.26. The van der Waals surface area contributed by atoms with Gasteiger partial charge in [-0.2, -0.15) is 11.3 Å². The average Bonchev–Trinajstić information content (AvgIpc) is 3.09. The molecule has 0 atom stereocenters. The van der Waals surface area contributed by atoms with Gasteiger partial charge in [-0.15, -0.1) is 0 Å². The maximum Gasteiger partial charge on any atom is 0.138 e. The largest absolute Gasteiger partial charge is 0.397 e. The van der Waals surface area contributed by atoms with Gasteiger partial charge in [0, 0.05) is 18.7 Å². The molecule has 0 saturated heterocycles. The molecule has 0 aliphatic heterocycles. The summed E-state index contributed by atoms with van der Waals surface area (Å²) in [6.07, 6.45) is 2.33. The minimum atomic E-state index is -0.194. The van der Waals surface area contributed by atoms with Crippen molar-refractivity contribution in [2.24, 2.45) is 0 Å². The van der Waals surface area contributed by atoms with Gasteiger partial charge in [0.25, 0.3) is 0 Å². The summed E-state index contributed by atoms with van der Waals surface area (Å²) in [6, 6.07) is 5.90. The molecule has 1 aromatic carbocycles. The number of rotatable bonds is 4. The zero-order valence-corrected chi connectivity index (χ0v) is 13.2. The molecule has 1 aromatic heterocycles. The third-order valence-electron chi connectivity index (χ3n) is 3.30. The van der Waals surface area contributed by atoms with E-state index in [9.17, 15) is 4.39 Å². The highest BCUT2D eigenvalue weighted by atomic mass is 127. The lowest BCUT2D eigenvalue weighted by atomic mass is 10.2. The van der Waals surface area contributed by atoms with Crippen LogP contribution < -0.4 is 10.6 Å². The molecule has 100 valence electrons. The molecule has 2 aromatic rings. The average molecular weight is 388 g/mol. The van der Waals surface area contributed by atoms with Gasteiger partial charge >= 0.3 is 0 Å². The van der Waals surface area contributed by atoms with Crippen LogP contribution in [0.5, 0.6) is 0 Å². The Morgan fingerprint density at radius 1 is 1.42 bits per heavy atom. The first-order valence-electron chi connectivity index (χ1n) is 6.17. The second-order valence-electron chi connectivity index (χ2n) is 4.82. The van der Waals surface area contributed by atoms with Crippen LogP contribution in [0.1, 0.15) is 18.4 Å². The SMILES string of the molecule is Nc1cc(I)c(F)cc1N(Cc1ccsc1)C1CC1. The van der Waals surface area contributed by atoms with Crippen LogP contribution in [0.4, 0.5) is 15.8 Å². The normalized spacial score (nSPS) is 14.6. The third kappa shape index (κ3) is 2.86. The predicted octanol–water partition coefficient (Wildman–Crippen LogP) is 4.24. The van der Waals surface area contributed by atoms with Crippen molar-refractivity contribution >= 4 is 45.3 Å². The van der Waals surface area contributed by atoms with Crippen LogP contribution >= 0.6 is 33.9 Å². The van der Waals surface area contributed by atoms with Crippen molar-refractivity contribution in [3.8, 4) is 0 Å². The summed E-state index contributed by atoms with van der Waals surface area (Å²) in [5.74, 6) is -0.194. The van der Waals surface area contributed by atoms with Gasteiger partial charge in [0.2, 0.25) is 0 Å². The van der Waals surface area contributed by atoms with E-state index < -0.39 is 0 Å². The molecule has 1 aliphatic carbocycles. The summed E-state index contributed by atoms with van der Waals surface area (Å²) in [6.45, 7) is 0.804. The van der Waals surface area contributed by atoms with Crippen molar-refractivity contribution in [1.82, 2.24) is 0 Å². The first kappa shape index (κ1) is 13.2. The number of thiophene rings is 1. The molecule has 0 unspecified atom stereocenters. The van der Waals surface area contributed by atoms with Gasteiger partial charge in [-0.1, -0.05) is 0 Å². The quantitative estimate of drug-likeness (QED) is 0.627. The molecule has 0 amide bonds. The Labute approximate surface area is 129 Å². The molecular weight excluding hydrogens is 374 g/mol. The van der Waals surface area contributed by atoms with E-state index in [2.05, 4.69) is 21.7 Å². The van der Waals surface area contributed by atoms with Crippen molar-refractivity contribution in [2.75, 3.05) is 10.6 Å². The maximum atomic E-state index is 13.8. The number of halogens is 2. The predicted molar refractivity (Wildman–Crippen MR) is 87.1 cm³/mol. The van der Waals surface area contributed by atoms with Gasteiger partial charge in [0.05, 0.1) is 14.9 Å². The number of benzene rings is 1. The molecule has 19 heavy (non-hydrogen) atoms. The van der Waals surface area contributed by atoms with Crippen molar-refractivity contribution in [3.05, 3.63) is 43.9 Å². The van der Waals surface area contributed by atoms with Crippen molar-refractivity contribution < 1.29 is 4.39 Å². The zero-order valence-electron chi connectivity index (χ0n) is 10.3. The van der Waals surface area contributed by atoms with Gasteiger partial charge in [0.15, 0.2) is 0 Å². The lowest BCUT2D eigenvalue weighted by Gasteiger charge is -2.26. The highest BCUT2D eigenvalue weighted by Gasteiger charge is 2.30. The second-order valence-corrected chi connectivity index (χ2v) is 6.76. The number of anilines is 2. The van der Waals surface area contributed by atoms with Crippen LogP contribution in [0.25, 0.3) is 0 Å². The van der Waals surface area contributed by atoms with E-state index in [1.165, 1.54) is 5.56 Å². The molecule has 1 fully saturated rings. The summed E-state index contributed by atoms with van der Waals surface area (Å²) in [5, 5.41) is 4.20. The summed E-state index contributed by atoms with van der Waals surface area (Å²) in [4.78, 5) is 2.23. The number of nitrogen functional groups attached to an aromatic ring is 1. The van der Waals surface area contributed by atoms with Crippen LogP contribution in [-0.4, -0.2) is 6.04 Å². The topological polar surface area (TPSA) is 29.3 Å². The van der Waals surface area contributed by atoms with E-state index >= 15 is 0 Å². The Morgan fingerprint density at radius 2 is 2.21 bits per heavy atom. The van der Waals surface area contributed by atoms with E-state index in [0.29, 0.717) is 15.3 Å². The fraction of sp³-hybridized carbons (Fsp3) is 0.286. The minimum Gasteiger partial charge on any atom is -0.397 e. The lowest BCUT2D eigenvalue weighted by molar-refractivity contribution is 0.619. The summed E-state index contributed by atoms with van der Waals surface area (Å²) in [5.41, 5.74) is 8.82. The molecular formula is C14H14FIN2S. The third-order valence-corrected chi connectivity index (χ3v) is 4.86. The molecule has 3 rings (SSSR count). The van der Waals surface area contributed by atoms with E-state index in [0.717, 1.165) is 25.1 Å². The van der Waals surface area contributed by atoms with Gasteiger partial charge in [-0.25, -0.2) is 4.39 Å². The van der Waals surface area contributed by atoms with Crippen LogP contribution in [0, 0.1) is 9.39 Å². The monoisotopic (exact) mass is 388 g/mol. The Bertz CT molecular complexity index is 581. The number of hydrogen-bond acceptors (Lipinski definition) is 3. The molecule has 1 aliphatic rings. The minimum absolute atomic E-state index is 0.194. The molecule has 2 N–H and O–H groups in total. The van der Waals surface area contributed by atoms with Crippen LogP contribution in [0.2, 0.25) is 0 Å². The molecule has 0 spiro atoms. The number of nitrogens with zero attached hydrogens (tertiary/aromatic N) is 1. The molecule has 0 bridgehead atoms. The van der Waals surface area contributed by atoms with Gasteiger partial charge in [-0.3, -0.25) is 0 Å². The van der Waals surface area contributed by atoms with E-state index in [4.69, 9.17) is 5.73 Å². The molecule has 1 heterocycles. The van der Waals surface area contributed by atoms with E-state index in [-0.39, 0.29) is 5.82 Å². The van der Waals surface area contributed by atoms with E-state index in [1.54, 1.807) is 23.5 Å². The first-order chi connectivity index (χ1) is 9.15. The highest BCUT2D eigenvalue weighted by molar-refractivity contribution is 14.1. The van der Waals surface area contributed by atoms with Crippen LogP contribution in [-0.2, 0) is 6.54 Å². The van der Waals surface area contributed by atoms with Crippen molar-refractivity contribution in [1.29, 1.82) is 0 Å². The fourth-order valence-corrected chi connectivity index (χ4v) is 3.33. The second kappa shape index (κ2) is 5.28. The van der Waals surface area contributed by atoms with Crippen LogP contribution in [0.3, 0.4) is 0 Å². The van der Waals surface area contributed by atoms with Crippen molar-refractivity contribution in [3.63, 3.8) is 0 Å². The molecule has 1 saturated carbocycles. The molecule has 5 heteroatoms. The van der Waals surface area contributed by atoms with Gasteiger partial charge < -0.3 is 10.6 Å². The maximum absolute atomic E-state index is 13.8. The fourth-order valence-electron chi connectivity index (χ4n) is 2.18. The van der Waals surface area contributed by atoms with Crippen LogP contribution in [0.15, 0.2) is 29.0 Å². The Balaban J connectivity index is 1.94. The standard InChI is InChI=1S/C14H14FIN2S/c15-11-5-14(13(17)6-12(11)16)18(10-1-2-10)7-9-3-4-19-8-9/h3-6,8,10H,1-2,7,17H2. The summed E-state index contributed by atoms with van der Waals surface area (Å²) < 4.78 is 14.4. The van der Waals surface area contributed by atoms with Crippen molar-refractivity contribution in [2.45, 2.75) is 25.4 Å². The zero-order chi connectivity index (χ0) is 13.4. The van der Waals surface area contributed by atoms with Gasteiger partial charge in [0.1, 0.15) is 5.82 Å². The Kier molecular flexibility index (Phi) is 3.66. The first-order valence-corrected chi connectivity index (χ1v) is 8.19. The van der Waals surface area contributed by atoms with E-state index in [1.807, 2.05) is 22.6 Å². The molecule has 0 radical (unpaired) electrons. The number of hydrogen-bond donors (Lipinski definition) is 1. The Hall–Kier alpha value is -0.820. The summed E-state index contributed by atoms with van der Waals surface area (Å²) in [7, 11) is 0. The summed E-state index contributed by atoms with van der Waals surface area (Å²) >= 11 is 3.66.